The molecule has 0 bridgehead atoms. The Morgan fingerprint density at radius 3 is 2.82 bits per heavy atom. The minimum atomic E-state index is -0.322. The van der Waals surface area contributed by atoms with E-state index in [0.717, 1.165) is 18.4 Å². The van der Waals surface area contributed by atoms with Gasteiger partial charge in [0.1, 0.15) is 6.04 Å². The van der Waals surface area contributed by atoms with Gasteiger partial charge in [0.05, 0.1) is 6.10 Å². The van der Waals surface area contributed by atoms with Crippen LogP contribution in [-0.2, 0) is 4.74 Å². The van der Waals surface area contributed by atoms with Gasteiger partial charge in [0.15, 0.2) is 0 Å². The van der Waals surface area contributed by atoms with Gasteiger partial charge in [0.25, 0.3) is 0 Å². The van der Waals surface area contributed by atoms with E-state index < -0.39 is 0 Å². The van der Waals surface area contributed by atoms with E-state index in [1.807, 2.05) is 44.2 Å². The maximum Gasteiger partial charge on any atom is 0.410 e. The molecule has 1 fully saturated rings. The van der Waals surface area contributed by atoms with Crippen molar-refractivity contribution in [3.05, 3.63) is 36.2 Å². The smallest absolute Gasteiger partial charge is 0.410 e. The Morgan fingerprint density at radius 2 is 2.09 bits per heavy atom. The normalized spacial score (nSPS) is 18.0. The number of rotatable bonds is 3. The summed E-state index contributed by atoms with van der Waals surface area (Å²) in [6, 6.07) is 9.40. The SMILES string of the molecule is CC(C)OC(=O)N1CCC[C@H]1c1nnc(-c2ccccc2)o1. The molecule has 1 saturated heterocycles. The first-order chi connectivity index (χ1) is 10.6. The predicted octanol–water partition coefficient (Wildman–Crippen LogP) is 3.42. The Bertz CT molecular complexity index is 639. The molecule has 0 aliphatic carbocycles. The highest BCUT2D eigenvalue weighted by molar-refractivity contribution is 5.68. The predicted molar refractivity (Wildman–Crippen MR) is 80.0 cm³/mol. The maximum atomic E-state index is 12.1. The number of likely N-dealkylation sites (tertiary alicyclic amines) is 1. The molecule has 116 valence electrons. The molecular weight excluding hydrogens is 282 g/mol. The molecule has 0 saturated carbocycles. The molecule has 1 aromatic heterocycles. The summed E-state index contributed by atoms with van der Waals surface area (Å²) >= 11 is 0. The van der Waals surface area contributed by atoms with E-state index in [1.165, 1.54) is 0 Å². The van der Waals surface area contributed by atoms with Crippen molar-refractivity contribution >= 4 is 6.09 Å². The number of aromatic nitrogens is 2. The second kappa shape index (κ2) is 6.17. The summed E-state index contributed by atoms with van der Waals surface area (Å²) in [5.41, 5.74) is 0.871. The lowest BCUT2D eigenvalue weighted by Crippen LogP contribution is -2.32. The molecule has 0 unspecified atom stereocenters. The summed E-state index contributed by atoms with van der Waals surface area (Å²) in [6.07, 6.45) is 1.25. The van der Waals surface area contributed by atoms with Gasteiger partial charge in [-0.3, -0.25) is 4.90 Å². The van der Waals surface area contributed by atoms with Gasteiger partial charge in [0.2, 0.25) is 11.8 Å². The topological polar surface area (TPSA) is 68.5 Å². The van der Waals surface area contributed by atoms with Crippen molar-refractivity contribution in [2.45, 2.75) is 38.8 Å². The Kier molecular flexibility index (Phi) is 4.09. The number of amides is 1. The molecule has 0 radical (unpaired) electrons. The van der Waals surface area contributed by atoms with Crippen LogP contribution in [0.3, 0.4) is 0 Å². The van der Waals surface area contributed by atoms with Gasteiger partial charge < -0.3 is 9.15 Å². The minimum Gasteiger partial charge on any atom is -0.447 e. The van der Waals surface area contributed by atoms with Crippen molar-refractivity contribution in [2.75, 3.05) is 6.54 Å². The molecule has 1 aromatic carbocycles. The fraction of sp³-hybridized carbons (Fsp3) is 0.438. The van der Waals surface area contributed by atoms with E-state index in [0.29, 0.717) is 18.3 Å². The zero-order valence-corrected chi connectivity index (χ0v) is 12.7. The average molecular weight is 301 g/mol. The molecule has 2 heterocycles. The third-order valence-corrected chi connectivity index (χ3v) is 3.57. The van der Waals surface area contributed by atoms with Gasteiger partial charge in [0, 0.05) is 12.1 Å². The highest BCUT2D eigenvalue weighted by Gasteiger charge is 2.35. The van der Waals surface area contributed by atoms with E-state index in [-0.39, 0.29) is 18.2 Å². The van der Waals surface area contributed by atoms with Crippen molar-refractivity contribution < 1.29 is 13.9 Å². The Morgan fingerprint density at radius 1 is 1.32 bits per heavy atom. The van der Waals surface area contributed by atoms with Crippen LogP contribution in [0.25, 0.3) is 11.5 Å². The number of benzene rings is 1. The Hall–Kier alpha value is -2.37. The van der Waals surface area contributed by atoms with Gasteiger partial charge >= 0.3 is 6.09 Å². The summed E-state index contributed by atoms with van der Waals surface area (Å²) in [5, 5.41) is 8.21. The Balaban J connectivity index is 1.79. The van der Waals surface area contributed by atoms with Crippen molar-refractivity contribution in [2.24, 2.45) is 0 Å². The number of hydrogen-bond donors (Lipinski definition) is 0. The lowest BCUT2D eigenvalue weighted by atomic mass is 10.2. The standard InChI is InChI=1S/C16H19N3O3/c1-11(2)21-16(20)19-10-6-9-13(19)15-18-17-14(22-15)12-7-4-3-5-8-12/h3-5,7-8,11,13H,6,9-10H2,1-2H3/t13-/m0/s1. The molecule has 2 aromatic rings. The molecule has 6 nitrogen and oxygen atoms in total. The first-order valence-electron chi connectivity index (χ1n) is 7.51. The van der Waals surface area contributed by atoms with Crippen LogP contribution in [0.1, 0.15) is 38.6 Å². The van der Waals surface area contributed by atoms with Crippen LogP contribution in [0.5, 0.6) is 0 Å². The van der Waals surface area contributed by atoms with Crippen LogP contribution in [0.15, 0.2) is 34.7 Å². The van der Waals surface area contributed by atoms with E-state index in [9.17, 15) is 4.79 Å². The number of carbonyl (C=O) groups is 1. The molecule has 22 heavy (non-hydrogen) atoms. The van der Waals surface area contributed by atoms with Gasteiger partial charge in [-0.2, -0.15) is 0 Å². The van der Waals surface area contributed by atoms with Crippen LogP contribution in [-0.4, -0.2) is 33.8 Å². The quantitative estimate of drug-likeness (QED) is 0.869. The van der Waals surface area contributed by atoms with Gasteiger partial charge in [-0.05, 0) is 38.8 Å². The summed E-state index contributed by atoms with van der Waals surface area (Å²) < 4.78 is 11.0. The minimum absolute atomic E-state index is 0.142. The molecule has 1 atom stereocenters. The van der Waals surface area contributed by atoms with Gasteiger partial charge in [-0.25, -0.2) is 4.79 Å². The fourth-order valence-corrected chi connectivity index (χ4v) is 2.58. The van der Waals surface area contributed by atoms with Crippen LogP contribution in [0.2, 0.25) is 0 Å². The van der Waals surface area contributed by atoms with Crippen molar-refractivity contribution in [1.82, 2.24) is 15.1 Å². The molecule has 0 spiro atoms. The van der Waals surface area contributed by atoms with E-state index in [1.54, 1.807) is 4.90 Å². The molecule has 3 rings (SSSR count). The zero-order valence-electron chi connectivity index (χ0n) is 12.7. The van der Waals surface area contributed by atoms with E-state index in [4.69, 9.17) is 9.15 Å². The lowest BCUT2D eigenvalue weighted by Gasteiger charge is -2.22. The molecule has 1 amide bonds. The monoisotopic (exact) mass is 301 g/mol. The van der Waals surface area contributed by atoms with Crippen molar-refractivity contribution in [1.29, 1.82) is 0 Å². The lowest BCUT2D eigenvalue weighted by molar-refractivity contribution is 0.0697. The Labute approximate surface area is 129 Å². The van der Waals surface area contributed by atoms with Crippen LogP contribution in [0, 0.1) is 0 Å². The second-order valence-electron chi connectivity index (χ2n) is 5.60. The molecular formula is C16H19N3O3. The summed E-state index contributed by atoms with van der Waals surface area (Å²) in [7, 11) is 0. The summed E-state index contributed by atoms with van der Waals surface area (Å²) in [6.45, 7) is 4.33. The largest absolute Gasteiger partial charge is 0.447 e. The van der Waals surface area contributed by atoms with Gasteiger partial charge in [-0.15, -0.1) is 10.2 Å². The molecule has 1 aliphatic rings. The molecule has 6 heteroatoms. The summed E-state index contributed by atoms with van der Waals surface area (Å²) in [5.74, 6) is 0.941. The van der Waals surface area contributed by atoms with Crippen molar-refractivity contribution in [3.63, 3.8) is 0 Å². The van der Waals surface area contributed by atoms with Crippen LogP contribution in [0.4, 0.5) is 4.79 Å². The number of ether oxygens (including phenoxy) is 1. The highest BCUT2D eigenvalue weighted by atomic mass is 16.6. The van der Waals surface area contributed by atoms with Crippen LogP contribution >= 0.6 is 0 Å². The number of carbonyl (C=O) groups excluding carboxylic acids is 1. The maximum absolute atomic E-state index is 12.1. The zero-order chi connectivity index (χ0) is 15.5. The fourth-order valence-electron chi connectivity index (χ4n) is 2.58. The van der Waals surface area contributed by atoms with E-state index in [2.05, 4.69) is 10.2 Å². The molecule has 1 aliphatic heterocycles. The first kappa shape index (κ1) is 14.6. The third kappa shape index (κ3) is 2.95. The van der Waals surface area contributed by atoms with Gasteiger partial charge in [-0.1, -0.05) is 18.2 Å². The average Bonchev–Trinajstić information content (AvgIpc) is 3.16. The highest BCUT2D eigenvalue weighted by Crippen LogP contribution is 2.33. The number of nitrogens with zero attached hydrogens (tertiary/aromatic N) is 3. The van der Waals surface area contributed by atoms with Crippen LogP contribution < -0.4 is 0 Å². The van der Waals surface area contributed by atoms with E-state index >= 15 is 0 Å². The molecule has 0 N–H and O–H groups in total. The first-order valence-corrected chi connectivity index (χ1v) is 7.51. The van der Waals surface area contributed by atoms with Crippen molar-refractivity contribution in [3.8, 4) is 11.5 Å². The third-order valence-electron chi connectivity index (χ3n) is 3.57. The second-order valence-corrected chi connectivity index (χ2v) is 5.60. The number of hydrogen-bond acceptors (Lipinski definition) is 5. The summed E-state index contributed by atoms with van der Waals surface area (Å²) in [4.78, 5) is 13.8.